The third-order valence-corrected chi connectivity index (χ3v) is 3.34. The smallest absolute Gasteiger partial charge is 0.0400 e. The maximum absolute atomic E-state index is 6.21. The molecule has 1 atom stereocenters. The van der Waals surface area contributed by atoms with Gasteiger partial charge >= 0.3 is 0 Å². The predicted octanol–water partition coefficient (Wildman–Crippen LogP) is 2.18. The number of nitrogens with zero attached hydrogens (tertiary/aromatic N) is 1. The molecule has 1 heterocycles. The number of hydrogen-bond acceptors (Lipinski definition) is 2. The molecule has 0 aliphatic carbocycles. The molecule has 0 amide bonds. The summed E-state index contributed by atoms with van der Waals surface area (Å²) in [4.78, 5) is 2.42. The molecule has 15 heavy (non-hydrogen) atoms. The van der Waals surface area contributed by atoms with Gasteiger partial charge in [-0.25, -0.2) is 0 Å². The first-order valence-electron chi connectivity index (χ1n) is 5.74. The van der Waals surface area contributed by atoms with E-state index in [0.29, 0.717) is 0 Å². The van der Waals surface area contributed by atoms with Crippen LogP contribution in [0.3, 0.4) is 0 Å². The van der Waals surface area contributed by atoms with E-state index in [-0.39, 0.29) is 5.54 Å². The van der Waals surface area contributed by atoms with Gasteiger partial charge in [0.2, 0.25) is 0 Å². The fourth-order valence-corrected chi connectivity index (χ4v) is 2.12. The molecule has 0 saturated heterocycles. The maximum Gasteiger partial charge on any atom is 0.0400 e. The molecule has 1 aliphatic rings. The lowest BCUT2D eigenvalue weighted by Gasteiger charge is -2.30. The van der Waals surface area contributed by atoms with Crippen LogP contribution in [0.1, 0.15) is 25.8 Å². The Morgan fingerprint density at radius 1 is 1.40 bits per heavy atom. The van der Waals surface area contributed by atoms with Crippen molar-refractivity contribution in [1.29, 1.82) is 0 Å². The van der Waals surface area contributed by atoms with Gasteiger partial charge in [0.15, 0.2) is 0 Å². The molecule has 2 rings (SSSR count). The lowest BCUT2D eigenvalue weighted by Crippen LogP contribution is -2.47. The zero-order valence-corrected chi connectivity index (χ0v) is 9.66. The van der Waals surface area contributed by atoms with E-state index in [1.165, 1.54) is 11.3 Å². The molecule has 0 saturated carbocycles. The van der Waals surface area contributed by atoms with Crippen molar-refractivity contribution in [2.24, 2.45) is 5.73 Å². The Kier molecular flexibility index (Phi) is 2.70. The van der Waals surface area contributed by atoms with Crippen LogP contribution in [0.2, 0.25) is 0 Å². The van der Waals surface area contributed by atoms with Crippen molar-refractivity contribution in [2.75, 3.05) is 18.0 Å². The first-order chi connectivity index (χ1) is 7.12. The van der Waals surface area contributed by atoms with Crippen LogP contribution < -0.4 is 10.6 Å². The van der Waals surface area contributed by atoms with Crippen LogP contribution in [0, 0.1) is 0 Å². The molecule has 0 spiro atoms. The van der Waals surface area contributed by atoms with Gasteiger partial charge in [0.05, 0.1) is 0 Å². The number of nitrogens with two attached hydrogens (primary N) is 1. The number of fused-ring (bicyclic) bond motifs is 1. The molecule has 1 aromatic rings. The van der Waals surface area contributed by atoms with Crippen molar-refractivity contribution >= 4 is 5.69 Å². The molecule has 1 aliphatic heterocycles. The topological polar surface area (TPSA) is 29.3 Å². The third kappa shape index (κ3) is 2.15. The standard InChI is InChI=1S/C13H20N2/c1-3-13(2,14)10-15-9-8-11-6-4-5-7-12(11)15/h4-7H,3,8-10,14H2,1-2H3. The Balaban J connectivity index is 2.14. The van der Waals surface area contributed by atoms with Crippen molar-refractivity contribution in [3.63, 3.8) is 0 Å². The molecular formula is C13H20N2. The van der Waals surface area contributed by atoms with Crippen LogP contribution in [0.4, 0.5) is 5.69 Å². The average molecular weight is 204 g/mol. The number of hydrogen-bond donors (Lipinski definition) is 1. The van der Waals surface area contributed by atoms with Crippen LogP contribution in [0.15, 0.2) is 24.3 Å². The second-order valence-electron chi connectivity index (χ2n) is 4.81. The van der Waals surface area contributed by atoms with Crippen molar-refractivity contribution < 1.29 is 0 Å². The van der Waals surface area contributed by atoms with E-state index in [0.717, 1.165) is 25.9 Å². The quantitative estimate of drug-likeness (QED) is 0.817. The van der Waals surface area contributed by atoms with Crippen LogP contribution in [-0.4, -0.2) is 18.6 Å². The Morgan fingerprint density at radius 2 is 2.13 bits per heavy atom. The fraction of sp³-hybridized carbons (Fsp3) is 0.538. The first kappa shape index (κ1) is 10.5. The Hall–Kier alpha value is -1.02. The largest absolute Gasteiger partial charge is 0.369 e. The van der Waals surface area contributed by atoms with Gasteiger partial charge in [-0.05, 0) is 31.4 Å². The highest BCUT2D eigenvalue weighted by Gasteiger charge is 2.25. The van der Waals surface area contributed by atoms with Gasteiger partial charge in [0.1, 0.15) is 0 Å². The van der Waals surface area contributed by atoms with E-state index in [1.807, 2.05) is 0 Å². The average Bonchev–Trinajstić information content (AvgIpc) is 2.62. The van der Waals surface area contributed by atoms with Crippen LogP contribution in [0.5, 0.6) is 0 Å². The lowest BCUT2D eigenvalue weighted by molar-refractivity contribution is 0.450. The highest BCUT2D eigenvalue weighted by molar-refractivity contribution is 5.58. The summed E-state index contributed by atoms with van der Waals surface area (Å²) in [5, 5.41) is 0. The zero-order chi connectivity index (χ0) is 10.9. The maximum atomic E-state index is 6.21. The predicted molar refractivity (Wildman–Crippen MR) is 65.2 cm³/mol. The molecule has 2 N–H and O–H groups in total. The van der Waals surface area contributed by atoms with Gasteiger partial charge < -0.3 is 10.6 Å². The molecule has 2 nitrogen and oxygen atoms in total. The summed E-state index contributed by atoms with van der Waals surface area (Å²) in [6, 6.07) is 8.64. The van der Waals surface area contributed by atoms with Gasteiger partial charge in [-0.1, -0.05) is 25.1 Å². The molecule has 0 fully saturated rings. The zero-order valence-electron chi connectivity index (χ0n) is 9.66. The van der Waals surface area contributed by atoms with Gasteiger partial charge in [0.25, 0.3) is 0 Å². The first-order valence-corrected chi connectivity index (χ1v) is 5.74. The van der Waals surface area contributed by atoms with Crippen LogP contribution >= 0.6 is 0 Å². The number of para-hydroxylation sites is 1. The van der Waals surface area contributed by atoms with E-state index in [9.17, 15) is 0 Å². The van der Waals surface area contributed by atoms with E-state index >= 15 is 0 Å². The van der Waals surface area contributed by atoms with Crippen molar-refractivity contribution in [1.82, 2.24) is 0 Å². The lowest BCUT2D eigenvalue weighted by atomic mass is 10.00. The minimum absolute atomic E-state index is 0.0720. The fourth-order valence-electron chi connectivity index (χ4n) is 2.12. The van der Waals surface area contributed by atoms with E-state index < -0.39 is 0 Å². The highest BCUT2D eigenvalue weighted by atomic mass is 15.2. The second kappa shape index (κ2) is 3.86. The summed E-state index contributed by atoms with van der Waals surface area (Å²) in [6.45, 7) is 6.36. The van der Waals surface area contributed by atoms with Crippen molar-refractivity contribution in [3.05, 3.63) is 29.8 Å². The molecule has 1 aromatic carbocycles. The molecule has 1 unspecified atom stereocenters. The van der Waals surface area contributed by atoms with Gasteiger partial charge in [-0.3, -0.25) is 0 Å². The minimum atomic E-state index is -0.0720. The monoisotopic (exact) mass is 204 g/mol. The molecule has 0 aromatic heterocycles. The van der Waals surface area contributed by atoms with Crippen molar-refractivity contribution in [3.8, 4) is 0 Å². The van der Waals surface area contributed by atoms with Crippen LogP contribution in [-0.2, 0) is 6.42 Å². The summed E-state index contributed by atoms with van der Waals surface area (Å²) >= 11 is 0. The number of rotatable bonds is 3. The summed E-state index contributed by atoms with van der Waals surface area (Å²) in [5.41, 5.74) is 8.98. The highest BCUT2D eigenvalue weighted by Crippen LogP contribution is 2.28. The summed E-state index contributed by atoms with van der Waals surface area (Å²) in [7, 11) is 0. The number of anilines is 1. The normalized spacial score (nSPS) is 18.7. The SMILES string of the molecule is CCC(C)(N)CN1CCc2ccccc21. The van der Waals surface area contributed by atoms with Crippen molar-refractivity contribution in [2.45, 2.75) is 32.2 Å². The minimum Gasteiger partial charge on any atom is -0.369 e. The third-order valence-electron chi connectivity index (χ3n) is 3.34. The van der Waals surface area contributed by atoms with Gasteiger partial charge in [-0.2, -0.15) is 0 Å². The molecule has 0 bridgehead atoms. The summed E-state index contributed by atoms with van der Waals surface area (Å²) in [6.07, 6.45) is 2.18. The van der Waals surface area contributed by atoms with Crippen LogP contribution in [0.25, 0.3) is 0 Å². The Morgan fingerprint density at radius 3 is 2.87 bits per heavy atom. The van der Waals surface area contributed by atoms with E-state index in [2.05, 4.69) is 43.0 Å². The number of benzene rings is 1. The summed E-state index contributed by atoms with van der Waals surface area (Å²) in [5.74, 6) is 0. The second-order valence-corrected chi connectivity index (χ2v) is 4.81. The van der Waals surface area contributed by atoms with Gasteiger partial charge in [-0.15, -0.1) is 0 Å². The molecule has 2 heteroatoms. The molecular weight excluding hydrogens is 184 g/mol. The molecule has 82 valence electrons. The molecule has 0 radical (unpaired) electrons. The summed E-state index contributed by atoms with van der Waals surface area (Å²) < 4.78 is 0. The Bertz CT molecular complexity index is 344. The Labute approximate surface area is 92.1 Å². The van der Waals surface area contributed by atoms with Gasteiger partial charge in [0, 0.05) is 24.3 Å². The van der Waals surface area contributed by atoms with E-state index in [4.69, 9.17) is 5.73 Å². The van der Waals surface area contributed by atoms with E-state index in [1.54, 1.807) is 0 Å².